The lowest BCUT2D eigenvalue weighted by Crippen LogP contribution is -2.31. The highest BCUT2D eigenvalue weighted by atomic mass is 35.5. The van der Waals surface area contributed by atoms with E-state index in [2.05, 4.69) is 15.4 Å². The largest absolute Gasteiger partial charge is 0.408 e. The number of anilines is 1. The normalized spacial score (nSPS) is 12.9. The predicted octanol–water partition coefficient (Wildman–Crippen LogP) is 4.73. The Morgan fingerprint density at radius 3 is 2.52 bits per heavy atom. The molecule has 0 aliphatic carbocycles. The van der Waals surface area contributed by atoms with Crippen molar-refractivity contribution in [1.82, 2.24) is 29.0 Å². The summed E-state index contributed by atoms with van der Waals surface area (Å²) in [6.07, 6.45) is -2.29. The van der Waals surface area contributed by atoms with Crippen LogP contribution in [0.3, 0.4) is 0 Å². The molecule has 2 N–H and O–H groups in total. The maximum absolute atomic E-state index is 13.6. The van der Waals surface area contributed by atoms with Crippen LogP contribution in [0.15, 0.2) is 53.5 Å². The van der Waals surface area contributed by atoms with Gasteiger partial charge in [-0.15, -0.1) is 0 Å². The number of carbonyl (C=O) groups is 1. The third kappa shape index (κ3) is 6.38. The minimum absolute atomic E-state index is 0.0291. The third-order valence-electron chi connectivity index (χ3n) is 6.78. The van der Waals surface area contributed by atoms with Crippen LogP contribution in [-0.4, -0.2) is 51.1 Å². The molecule has 3 heterocycles. The summed E-state index contributed by atoms with van der Waals surface area (Å²) in [4.78, 5) is 35.1. The number of aromatic nitrogens is 5. The van der Waals surface area contributed by atoms with Gasteiger partial charge in [0.1, 0.15) is 17.5 Å². The van der Waals surface area contributed by atoms with Gasteiger partial charge in [-0.1, -0.05) is 17.7 Å². The fourth-order valence-electron chi connectivity index (χ4n) is 4.92. The van der Waals surface area contributed by atoms with Crippen molar-refractivity contribution in [3.05, 3.63) is 81.0 Å². The Morgan fingerprint density at radius 2 is 1.84 bits per heavy atom. The van der Waals surface area contributed by atoms with Gasteiger partial charge >= 0.3 is 6.18 Å². The number of nitrogens with zero attached hydrogens (tertiary/aromatic N) is 5. The number of nitrogens with one attached hydrogen (secondary N) is 2. The summed E-state index contributed by atoms with van der Waals surface area (Å²) in [6.45, 7) is 2.34. The van der Waals surface area contributed by atoms with Crippen LogP contribution < -0.4 is 15.6 Å². The number of hydrogen-bond donors (Lipinski definition) is 2. The Kier molecular flexibility index (Phi) is 7.88. The van der Waals surface area contributed by atoms with E-state index in [1.54, 1.807) is 32.2 Å². The second-order valence-electron chi connectivity index (χ2n) is 10.3. The smallest absolute Gasteiger partial charge is 0.377 e. The SMILES string of the molecule is Cc1cc([C@@H](C)Nc2ccc(Cl)nc2C(=O)NS(C)(=O)=O)c2nc(-c3ccc4c(cnn4CC(F)(F)F)c3)n(C)c(=O)c2c1. The molecule has 0 unspecified atom stereocenters. The molecule has 0 aliphatic rings. The molecule has 0 saturated heterocycles. The number of halogens is 4. The minimum Gasteiger partial charge on any atom is -0.377 e. The molecule has 5 rings (SSSR count). The molecule has 1 atom stereocenters. The fraction of sp³-hybridized carbons (Fsp3) is 0.250. The summed E-state index contributed by atoms with van der Waals surface area (Å²) in [5.41, 5.74) is 2.04. The molecule has 230 valence electrons. The first-order chi connectivity index (χ1) is 20.5. The Balaban J connectivity index is 1.60. The van der Waals surface area contributed by atoms with Gasteiger partial charge in [0.05, 0.1) is 40.6 Å². The summed E-state index contributed by atoms with van der Waals surface area (Å²) < 4.78 is 66.4. The van der Waals surface area contributed by atoms with Crippen LogP contribution in [-0.2, 0) is 23.6 Å². The number of sulfonamides is 1. The molecular weight excluding hydrogens is 623 g/mol. The number of rotatable bonds is 7. The molecule has 0 aliphatic heterocycles. The van der Waals surface area contributed by atoms with Crippen molar-refractivity contribution in [2.24, 2.45) is 7.05 Å². The number of fused-ring (bicyclic) bond motifs is 2. The molecule has 0 saturated carbocycles. The summed E-state index contributed by atoms with van der Waals surface area (Å²) in [5.74, 6) is -0.714. The van der Waals surface area contributed by atoms with Gasteiger partial charge in [0.2, 0.25) is 10.0 Å². The third-order valence-corrected chi connectivity index (χ3v) is 7.54. The molecular formula is C28H25ClF3N7O4S. The zero-order valence-electron chi connectivity index (χ0n) is 23.7. The molecule has 16 heteroatoms. The maximum atomic E-state index is 13.6. The monoisotopic (exact) mass is 647 g/mol. The van der Waals surface area contributed by atoms with E-state index in [1.165, 1.54) is 29.0 Å². The molecule has 2 aromatic carbocycles. The van der Waals surface area contributed by atoms with Gasteiger partial charge in [-0.25, -0.2) is 23.1 Å². The summed E-state index contributed by atoms with van der Waals surface area (Å²) in [7, 11) is -2.34. The fourth-order valence-corrected chi connectivity index (χ4v) is 5.50. The zero-order valence-corrected chi connectivity index (χ0v) is 25.3. The predicted molar refractivity (Wildman–Crippen MR) is 160 cm³/mol. The van der Waals surface area contributed by atoms with Crippen LogP contribution >= 0.6 is 11.6 Å². The zero-order chi connectivity index (χ0) is 32.1. The van der Waals surface area contributed by atoms with Gasteiger partial charge < -0.3 is 5.32 Å². The number of aryl methyl sites for hydroxylation is 1. The Labute approximate surface area is 253 Å². The van der Waals surface area contributed by atoms with Gasteiger partial charge in [0.25, 0.3) is 11.5 Å². The molecule has 11 nitrogen and oxygen atoms in total. The van der Waals surface area contributed by atoms with Crippen molar-refractivity contribution in [3.63, 3.8) is 0 Å². The molecule has 3 aromatic heterocycles. The number of pyridine rings is 1. The first-order valence-corrected chi connectivity index (χ1v) is 15.3. The van der Waals surface area contributed by atoms with E-state index in [0.717, 1.165) is 16.5 Å². The highest BCUT2D eigenvalue weighted by Crippen LogP contribution is 2.31. The highest BCUT2D eigenvalue weighted by molar-refractivity contribution is 7.89. The van der Waals surface area contributed by atoms with Gasteiger partial charge in [-0.05, 0) is 55.8 Å². The molecule has 0 spiro atoms. The topological polar surface area (TPSA) is 141 Å². The number of amides is 1. The second-order valence-corrected chi connectivity index (χ2v) is 12.5. The lowest BCUT2D eigenvalue weighted by Gasteiger charge is -2.20. The lowest BCUT2D eigenvalue weighted by molar-refractivity contribution is -0.141. The number of carbonyl (C=O) groups excluding carboxylic acids is 1. The van der Waals surface area contributed by atoms with Gasteiger partial charge in [0.15, 0.2) is 5.69 Å². The Hall–Kier alpha value is -4.50. The van der Waals surface area contributed by atoms with Crippen molar-refractivity contribution in [3.8, 4) is 11.4 Å². The number of hydrogen-bond acceptors (Lipinski definition) is 8. The second kappa shape index (κ2) is 11.2. The van der Waals surface area contributed by atoms with Crippen molar-refractivity contribution in [2.75, 3.05) is 11.6 Å². The Morgan fingerprint density at radius 1 is 1.11 bits per heavy atom. The van der Waals surface area contributed by atoms with Gasteiger partial charge in [-0.3, -0.25) is 18.8 Å². The van der Waals surface area contributed by atoms with E-state index in [9.17, 15) is 31.2 Å². The average molecular weight is 648 g/mol. The van der Waals surface area contributed by atoms with E-state index in [-0.39, 0.29) is 33.4 Å². The van der Waals surface area contributed by atoms with Crippen LogP contribution in [0.4, 0.5) is 18.9 Å². The molecule has 44 heavy (non-hydrogen) atoms. The van der Waals surface area contributed by atoms with E-state index < -0.39 is 34.7 Å². The molecule has 0 bridgehead atoms. The number of benzene rings is 2. The lowest BCUT2D eigenvalue weighted by atomic mass is 10.0. The van der Waals surface area contributed by atoms with E-state index in [1.807, 2.05) is 17.7 Å². The van der Waals surface area contributed by atoms with E-state index in [4.69, 9.17) is 16.6 Å². The van der Waals surface area contributed by atoms with E-state index >= 15 is 0 Å². The van der Waals surface area contributed by atoms with Crippen molar-refractivity contribution in [2.45, 2.75) is 32.6 Å². The standard InChI is InChI=1S/C28H25ClF3N7O4S/c1-14-9-18(15(2)34-20-6-8-22(29)35-24(20)26(40)37-44(4,42)43)23-19(10-14)27(41)38(3)25(36-23)16-5-7-21-17(11-16)12-33-39(21)13-28(30,31)32/h5-12,15,34H,13H2,1-4H3,(H,37,40)/t15-/m1/s1. The summed E-state index contributed by atoms with van der Waals surface area (Å²) in [5, 5.41) is 7.74. The first kappa shape index (κ1) is 30.9. The summed E-state index contributed by atoms with van der Waals surface area (Å²) in [6, 6.07) is 10.5. The van der Waals surface area contributed by atoms with Crippen molar-refractivity contribution < 1.29 is 26.4 Å². The van der Waals surface area contributed by atoms with Crippen molar-refractivity contribution >= 4 is 55.0 Å². The maximum Gasteiger partial charge on any atom is 0.408 e. The average Bonchev–Trinajstić information content (AvgIpc) is 3.30. The van der Waals surface area contributed by atoms with Crippen LogP contribution in [0.5, 0.6) is 0 Å². The van der Waals surface area contributed by atoms with Crippen LogP contribution in [0.25, 0.3) is 33.2 Å². The van der Waals surface area contributed by atoms with Crippen LogP contribution in [0, 0.1) is 6.92 Å². The van der Waals surface area contributed by atoms with Gasteiger partial charge in [0, 0.05) is 23.6 Å². The molecule has 5 aromatic rings. The van der Waals surface area contributed by atoms with Crippen LogP contribution in [0.1, 0.15) is 34.6 Å². The minimum atomic E-state index is -4.44. The van der Waals surface area contributed by atoms with Crippen LogP contribution in [0.2, 0.25) is 5.15 Å². The molecule has 1 amide bonds. The quantitative estimate of drug-likeness (QED) is 0.242. The molecule has 0 radical (unpaired) electrons. The van der Waals surface area contributed by atoms with E-state index in [0.29, 0.717) is 27.4 Å². The van der Waals surface area contributed by atoms with Gasteiger partial charge in [-0.2, -0.15) is 18.3 Å². The summed E-state index contributed by atoms with van der Waals surface area (Å²) >= 11 is 5.99. The first-order valence-electron chi connectivity index (χ1n) is 13.0. The van der Waals surface area contributed by atoms with Crippen molar-refractivity contribution in [1.29, 1.82) is 0 Å². The molecule has 0 fully saturated rings. The Bertz CT molecular complexity index is 2130. The highest BCUT2D eigenvalue weighted by Gasteiger charge is 2.29. The number of alkyl halides is 3.